The van der Waals surface area contributed by atoms with Crippen LogP contribution in [0.5, 0.6) is 0 Å². The molecule has 4 rings (SSSR count). The van der Waals surface area contributed by atoms with Gasteiger partial charge in [-0.1, -0.05) is 6.07 Å². The summed E-state index contributed by atoms with van der Waals surface area (Å²) >= 11 is 0. The molecule has 23 heavy (non-hydrogen) atoms. The molecule has 2 heterocycles. The molecule has 1 aromatic carbocycles. The highest BCUT2D eigenvalue weighted by Gasteiger charge is 2.25. The first kappa shape index (κ1) is 14.1. The molecule has 4 N–H and O–H groups in total. The van der Waals surface area contributed by atoms with Crippen LogP contribution >= 0.6 is 0 Å². The number of aromatic nitrogens is 4. The molecule has 0 radical (unpaired) electrons. The fraction of sp³-hybridized carbons (Fsp3) is 0.412. The molecule has 1 aliphatic carbocycles. The topological polar surface area (TPSA) is 89.4 Å². The number of nitrogens with one attached hydrogen (secondary N) is 4. The van der Waals surface area contributed by atoms with Crippen LogP contribution in [0.3, 0.4) is 0 Å². The summed E-state index contributed by atoms with van der Waals surface area (Å²) in [5, 5.41) is 17.0. The summed E-state index contributed by atoms with van der Waals surface area (Å²) < 4.78 is 0. The van der Waals surface area contributed by atoms with Crippen molar-refractivity contribution in [3.8, 4) is 0 Å². The second-order valence-corrected chi connectivity index (χ2v) is 6.33. The van der Waals surface area contributed by atoms with Gasteiger partial charge in [0.1, 0.15) is 5.82 Å². The maximum atomic E-state index is 11.5. The second kappa shape index (κ2) is 5.95. The Bertz CT molecular complexity index is 855. The van der Waals surface area contributed by atoms with Crippen LogP contribution in [0.4, 0.5) is 5.82 Å². The van der Waals surface area contributed by atoms with Crippen molar-refractivity contribution in [2.45, 2.75) is 38.0 Å². The van der Waals surface area contributed by atoms with Crippen LogP contribution in [0.2, 0.25) is 0 Å². The van der Waals surface area contributed by atoms with Gasteiger partial charge in [-0.3, -0.25) is 20.1 Å². The summed E-state index contributed by atoms with van der Waals surface area (Å²) in [6.07, 6.45) is 5.79. The number of aryl methyl sites for hydroxylation is 1. The van der Waals surface area contributed by atoms with Crippen molar-refractivity contribution in [3.63, 3.8) is 0 Å². The monoisotopic (exact) mass is 311 g/mol. The fourth-order valence-corrected chi connectivity index (χ4v) is 2.94. The summed E-state index contributed by atoms with van der Waals surface area (Å²) in [6, 6.07) is 8.11. The highest BCUT2D eigenvalue weighted by atomic mass is 16.1. The molecule has 2 aromatic heterocycles. The molecule has 6 nitrogen and oxygen atoms in total. The average molecular weight is 311 g/mol. The molecule has 0 aliphatic heterocycles. The quantitative estimate of drug-likeness (QED) is 0.506. The van der Waals surface area contributed by atoms with Crippen molar-refractivity contribution in [2.75, 3.05) is 11.9 Å². The molecule has 0 atom stereocenters. The van der Waals surface area contributed by atoms with Gasteiger partial charge in [-0.25, -0.2) is 0 Å². The molecule has 1 saturated carbocycles. The largest absolute Gasteiger partial charge is 0.369 e. The fourth-order valence-electron chi connectivity index (χ4n) is 2.94. The first-order valence-corrected chi connectivity index (χ1v) is 8.28. The molecular weight excluding hydrogens is 290 g/mol. The molecule has 1 fully saturated rings. The van der Waals surface area contributed by atoms with Gasteiger partial charge in [-0.2, -0.15) is 5.10 Å². The molecule has 120 valence electrons. The number of unbranched alkanes of at least 4 members (excludes halogenated alkanes) is 1. The van der Waals surface area contributed by atoms with E-state index < -0.39 is 0 Å². The van der Waals surface area contributed by atoms with Crippen LogP contribution in [0.15, 0.2) is 29.1 Å². The van der Waals surface area contributed by atoms with Gasteiger partial charge in [0, 0.05) is 24.2 Å². The SMILES string of the molecule is O=c1[nH][nH]c2cc(CCCCNc3cc(C4CC4)[nH]n3)ccc12. The number of H-pyrrole nitrogens is 3. The lowest BCUT2D eigenvalue weighted by atomic mass is 10.1. The van der Waals surface area contributed by atoms with Crippen LogP contribution in [0.1, 0.15) is 42.9 Å². The summed E-state index contributed by atoms with van der Waals surface area (Å²) in [6.45, 7) is 0.929. The Labute approximate surface area is 133 Å². The second-order valence-electron chi connectivity index (χ2n) is 6.33. The Hall–Kier alpha value is -2.50. The molecule has 1 aliphatic rings. The molecule has 0 amide bonds. The first-order chi connectivity index (χ1) is 11.3. The van der Waals surface area contributed by atoms with E-state index in [1.807, 2.05) is 12.1 Å². The standard InChI is InChI=1S/C17H21N5O/c23-17-13-7-4-11(9-15(13)20-22-17)3-1-2-8-18-16-10-14(19-21-16)12-5-6-12/h4,7,9-10,12H,1-3,5-6,8H2,(H2,18,19,21)(H2,20,22,23). The van der Waals surface area contributed by atoms with E-state index >= 15 is 0 Å². The highest BCUT2D eigenvalue weighted by Crippen LogP contribution is 2.39. The van der Waals surface area contributed by atoms with Gasteiger partial charge in [-0.15, -0.1) is 0 Å². The predicted octanol–water partition coefficient (Wildman–Crippen LogP) is 2.89. The Morgan fingerprint density at radius 3 is 2.96 bits per heavy atom. The van der Waals surface area contributed by atoms with E-state index in [0.29, 0.717) is 5.92 Å². The summed E-state index contributed by atoms with van der Waals surface area (Å²) in [5.41, 5.74) is 3.35. The number of nitrogens with zero attached hydrogens (tertiary/aromatic N) is 1. The van der Waals surface area contributed by atoms with Crippen LogP contribution in [-0.2, 0) is 6.42 Å². The zero-order valence-corrected chi connectivity index (χ0v) is 13.0. The summed E-state index contributed by atoms with van der Waals surface area (Å²) in [4.78, 5) is 11.5. The normalized spacial score (nSPS) is 14.4. The van der Waals surface area contributed by atoms with Crippen molar-refractivity contribution in [3.05, 3.63) is 45.9 Å². The minimum Gasteiger partial charge on any atom is -0.369 e. The molecular formula is C17H21N5O. The van der Waals surface area contributed by atoms with Crippen molar-refractivity contribution in [1.82, 2.24) is 20.4 Å². The van der Waals surface area contributed by atoms with Gasteiger partial charge < -0.3 is 5.32 Å². The molecule has 0 bridgehead atoms. The van der Waals surface area contributed by atoms with Crippen molar-refractivity contribution >= 4 is 16.7 Å². The minimum atomic E-state index is -0.0553. The first-order valence-electron chi connectivity index (χ1n) is 8.28. The third-order valence-electron chi connectivity index (χ3n) is 4.45. The van der Waals surface area contributed by atoms with Crippen molar-refractivity contribution in [2.24, 2.45) is 0 Å². The Kier molecular flexibility index (Phi) is 3.65. The van der Waals surface area contributed by atoms with E-state index in [0.717, 1.165) is 42.5 Å². The molecule has 0 unspecified atom stereocenters. The third-order valence-corrected chi connectivity index (χ3v) is 4.45. The zero-order valence-electron chi connectivity index (χ0n) is 13.0. The van der Waals surface area contributed by atoms with E-state index in [2.05, 4.69) is 37.8 Å². The third kappa shape index (κ3) is 3.16. The van der Waals surface area contributed by atoms with Crippen LogP contribution in [0, 0.1) is 0 Å². The van der Waals surface area contributed by atoms with E-state index in [4.69, 9.17) is 0 Å². The molecule has 0 spiro atoms. The van der Waals surface area contributed by atoms with Gasteiger partial charge in [0.2, 0.25) is 0 Å². The van der Waals surface area contributed by atoms with Crippen LogP contribution in [0.25, 0.3) is 10.9 Å². The minimum absolute atomic E-state index is 0.0553. The number of benzene rings is 1. The highest BCUT2D eigenvalue weighted by molar-refractivity contribution is 5.78. The maximum absolute atomic E-state index is 11.5. The molecule has 6 heteroatoms. The summed E-state index contributed by atoms with van der Waals surface area (Å²) in [5.74, 6) is 1.67. The van der Waals surface area contributed by atoms with E-state index in [9.17, 15) is 4.79 Å². The number of rotatable bonds is 7. The van der Waals surface area contributed by atoms with Gasteiger partial charge in [-0.05, 0) is 49.8 Å². The lowest BCUT2D eigenvalue weighted by Gasteiger charge is -2.03. The lowest BCUT2D eigenvalue weighted by Crippen LogP contribution is -2.02. The van der Waals surface area contributed by atoms with Gasteiger partial charge in [0.25, 0.3) is 5.56 Å². The predicted molar refractivity (Wildman–Crippen MR) is 90.9 cm³/mol. The molecule has 3 aromatic rings. The number of hydrogen-bond donors (Lipinski definition) is 4. The van der Waals surface area contributed by atoms with E-state index in [-0.39, 0.29) is 5.56 Å². The van der Waals surface area contributed by atoms with Gasteiger partial charge in [0.05, 0.1) is 10.9 Å². The van der Waals surface area contributed by atoms with Crippen molar-refractivity contribution in [1.29, 1.82) is 0 Å². The van der Waals surface area contributed by atoms with Gasteiger partial charge >= 0.3 is 0 Å². The van der Waals surface area contributed by atoms with Crippen LogP contribution in [-0.4, -0.2) is 26.9 Å². The summed E-state index contributed by atoms with van der Waals surface area (Å²) in [7, 11) is 0. The van der Waals surface area contributed by atoms with Gasteiger partial charge in [0.15, 0.2) is 0 Å². The maximum Gasteiger partial charge on any atom is 0.271 e. The lowest BCUT2D eigenvalue weighted by molar-refractivity contribution is 0.761. The smallest absolute Gasteiger partial charge is 0.271 e. The van der Waals surface area contributed by atoms with E-state index in [1.165, 1.54) is 24.1 Å². The Morgan fingerprint density at radius 2 is 2.09 bits per heavy atom. The molecule has 0 saturated heterocycles. The van der Waals surface area contributed by atoms with Crippen molar-refractivity contribution < 1.29 is 0 Å². The van der Waals surface area contributed by atoms with E-state index in [1.54, 1.807) is 0 Å². The average Bonchev–Trinajstić information content (AvgIpc) is 3.20. The zero-order chi connectivity index (χ0) is 15.6. The van der Waals surface area contributed by atoms with Crippen LogP contribution < -0.4 is 10.9 Å². The number of aromatic amines is 3. The number of fused-ring (bicyclic) bond motifs is 1. The Balaban J connectivity index is 1.23. The number of hydrogen-bond acceptors (Lipinski definition) is 3. The Morgan fingerprint density at radius 1 is 1.17 bits per heavy atom. The number of anilines is 1.